The third-order valence-corrected chi connectivity index (χ3v) is 4.74. The maximum atomic E-state index is 13.3. The molecule has 0 aliphatic carbocycles. The summed E-state index contributed by atoms with van der Waals surface area (Å²) in [6.07, 6.45) is -4.85. The van der Waals surface area contributed by atoms with Gasteiger partial charge in [0.25, 0.3) is 11.8 Å². The molecule has 2 aromatic carbocycles. The molecule has 0 aromatic heterocycles. The number of benzene rings is 2. The Kier molecular flexibility index (Phi) is 6.11. The summed E-state index contributed by atoms with van der Waals surface area (Å²) < 4.78 is 52.8. The predicted molar refractivity (Wildman–Crippen MR) is 102 cm³/mol. The highest BCUT2D eigenvalue weighted by Gasteiger charge is 2.37. The van der Waals surface area contributed by atoms with Crippen molar-refractivity contribution in [2.75, 3.05) is 26.2 Å². The molecule has 2 amide bonds. The number of alkyl halides is 3. The van der Waals surface area contributed by atoms with Crippen LogP contribution >= 0.6 is 0 Å². The summed E-state index contributed by atoms with van der Waals surface area (Å²) in [6, 6.07) is 9.33. The molecule has 0 radical (unpaired) electrons. The molecule has 1 saturated heterocycles. The zero-order valence-corrected chi connectivity index (χ0v) is 16.1. The smallest absolute Gasteiger partial charge is 0.335 e. The number of rotatable bonds is 1. The van der Waals surface area contributed by atoms with Gasteiger partial charge in [0.1, 0.15) is 5.82 Å². The second kappa shape index (κ2) is 8.57. The number of amides is 2. The molecule has 0 atom stereocenters. The van der Waals surface area contributed by atoms with Crippen molar-refractivity contribution in [1.82, 2.24) is 9.80 Å². The first-order chi connectivity index (χ1) is 14.1. The van der Waals surface area contributed by atoms with Gasteiger partial charge in [-0.05, 0) is 37.3 Å². The summed E-state index contributed by atoms with van der Waals surface area (Å²) in [5.74, 6) is 2.99. The van der Waals surface area contributed by atoms with Crippen LogP contribution in [0, 0.1) is 24.6 Å². The Morgan fingerprint density at radius 1 is 0.933 bits per heavy atom. The molecule has 4 nitrogen and oxygen atoms in total. The van der Waals surface area contributed by atoms with Crippen LogP contribution in [0.1, 0.15) is 27.0 Å². The third-order valence-electron chi connectivity index (χ3n) is 4.74. The molecule has 3 rings (SSSR count). The lowest BCUT2D eigenvalue weighted by molar-refractivity contribution is -0.138. The number of halogens is 4. The van der Waals surface area contributed by atoms with Crippen molar-refractivity contribution in [1.29, 1.82) is 0 Å². The van der Waals surface area contributed by atoms with Gasteiger partial charge in [0, 0.05) is 37.7 Å². The molecule has 1 aliphatic heterocycles. The summed E-state index contributed by atoms with van der Waals surface area (Å²) in [5.41, 5.74) is -0.154. The average Bonchev–Trinajstić information content (AvgIpc) is 2.72. The van der Waals surface area contributed by atoms with E-state index in [0.29, 0.717) is 11.6 Å². The maximum absolute atomic E-state index is 13.3. The number of nitrogens with zero attached hydrogens (tertiary/aromatic N) is 2. The van der Waals surface area contributed by atoms with Gasteiger partial charge in [-0.1, -0.05) is 23.6 Å². The summed E-state index contributed by atoms with van der Waals surface area (Å²) in [6.45, 7) is 2.36. The van der Waals surface area contributed by atoms with E-state index in [1.807, 2.05) is 19.1 Å². The summed E-state index contributed by atoms with van der Waals surface area (Å²) >= 11 is 0. The molecular formula is C22H18F4N2O2. The standard InChI is InChI=1S/C22H18F4N2O2/c1-15-2-4-16(5-3-15)6-9-20(29)27-10-12-28(13-11-27)21(30)18-8-7-17(23)14-19(18)22(24,25)26/h2-5,7-8,14H,10-13H2,1H3. The van der Waals surface area contributed by atoms with Crippen molar-refractivity contribution in [2.24, 2.45) is 0 Å². The second-order valence-corrected chi connectivity index (χ2v) is 6.89. The fourth-order valence-corrected chi connectivity index (χ4v) is 3.06. The van der Waals surface area contributed by atoms with Gasteiger partial charge in [0.2, 0.25) is 0 Å². The quantitative estimate of drug-likeness (QED) is 0.526. The van der Waals surface area contributed by atoms with Gasteiger partial charge in [-0.15, -0.1) is 0 Å². The number of aryl methyl sites for hydroxylation is 1. The lowest BCUT2D eigenvalue weighted by Gasteiger charge is -2.34. The van der Waals surface area contributed by atoms with Crippen LogP contribution in [0.15, 0.2) is 42.5 Å². The Morgan fingerprint density at radius 2 is 1.53 bits per heavy atom. The molecule has 156 valence electrons. The highest BCUT2D eigenvalue weighted by Crippen LogP contribution is 2.33. The molecule has 1 heterocycles. The third kappa shape index (κ3) is 4.98. The monoisotopic (exact) mass is 418 g/mol. The van der Waals surface area contributed by atoms with Crippen LogP contribution in [0.4, 0.5) is 17.6 Å². The topological polar surface area (TPSA) is 40.6 Å². The SMILES string of the molecule is Cc1ccc(C#CC(=O)N2CCN(C(=O)c3ccc(F)cc3C(F)(F)F)CC2)cc1. The van der Waals surface area contributed by atoms with Crippen molar-refractivity contribution < 1.29 is 27.2 Å². The van der Waals surface area contributed by atoms with E-state index >= 15 is 0 Å². The Labute approximate surface area is 171 Å². The van der Waals surface area contributed by atoms with E-state index in [2.05, 4.69) is 11.8 Å². The molecule has 30 heavy (non-hydrogen) atoms. The molecule has 0 N–H and O–H groups in total. The minimum Gasteiger partial charge on any atom is -0.335 e. The van der Waals surface area contributed by atoms with E-state index in [1.165, 1.54) is 9.80 Å². The van der Waals surface area contributed by atoms with E-state index < -0.39 is 34.9 Å². The van der Waals surface area contributed by atoms with Crippen molar-refractivity contribution in [3.63, 3.8) is 0 Å². The molecule has 0 bridgehead atoms. The lowest BCUT2D eigenvalue weighted by Crippen LogP contribution is -2.50. The molecule has 0 spiro atoms. The fraction of sp³-hybridized carbons (Fsp3) is 0.273. The molecule has 0 saturated carbocycles. The summed E-state index contributed by atoms with van der Waals surface area (Å²) in [4.78, 5) is 27.5. The average molecular weight is 418 g/mol. The maximum Gasteiger partial charge on any atom is 0.417 e. The van der Waals surface area contributed by atoms with Gasteiger partial charge in [-0.2, -0.15) is 13.2 Å². The van der Waals surface area contributed by atoms with E-state index in [9.17, 15) is 27.2 Å². The first kappa shape index (κ1) is 21.4. The highest BCUT2D eigenvalue weighted by molar-refractivity contribution is 5.97. The van der Waals surface area contributed by atoms with Crippen molar-refractivity contribution in [3.8, 4) is 11.8 Å². The van der Waals surface area contributed by atoms with Crippen molar-refractivity contribution in [3.05, 3.63) is 70.5 Å². The Morgan fingerprint density at radius 3 is 2.13 bits per heavy atom. The molecule has 8 heteroatoms. The molecular weight excluding hydrogens is 400 g/mol. The fourth-order valence-electron chi connectivity index (χ4n) is 3.06. The lowest BCUT2D eigenvalue weighted by atomic mass is 10.0. The van der Waals surface area contributed by atoms with Gasteiger partial charge in [0.05, 0.1) is 11.1 Å². The molecule has 2 aromatic rings. The van der Waals surface area contributed by atoms with Gasteiger partial charge < -0.3 is 9.80 Å². The number of carbonyl (C=O) groups is 2. The first-order valence-electron chi connectivity index (χ1n) is 9.19. The minimum absolute atomic E-state index is 0.0610. The van der Waals surface area contributed by atoms with Crippen molar-refractivity contribution in [2.45, 2.75) is 13.1 Å². The van der Waals surface area contributed by atoms with Crippen LogP contribution in [0.25, 0.3) is 0 Å². The van der Waals surface area contributed by atoms with Crippen LogP contribution in [-0.4, -0.2) is 47.8 Å². The second-order valence-electron chi connectivity index (χ2n) is 6.89. The van der Waals surface area contributed by atoms with Gasteiger partial charge in [-0.25, -0.2) is 4.39 Å². The molecule has 0 unspecified atom stereocenters. The normalized spacial score (nSPS) is 14.2. The molecule has 1 aliphatic rings. The van der Waals surface area contributed by atoms with E-state index in [-0.39, 0.29) is 26.2 Å². The molecule has 1 fully saturated rings. The first-order valence-corrected chi connectivity index (χ1v) is 9.19. The summed E-state index contributed by atoms with van der Waals surface area (Å²) in [5, 5.41) is 0. The Hall–Kier alpha value is -3.34. The van der Waals surface area contributed by atoms with Crippen LogP contribution < -0.4 is 0 Å². The van der Waals surface area contributed by atoms with E-state index in [0.717, 1.165) is 17.7 Å². The van der Waals surface area contributed by atoms with E-state index in [4.69, 9.17) is 0 Å². The number of carbonyl (C=O) groups excluding carboxylic acids is 2. The van der Waals surface area contributed by atoms with Crippen LogP contribution in [0.2, 0.25) is 0 Å². The van der Waals surface area contributed by atoms with E-state index in [1.54, 1.807) is 12.1 Å². The van der Waals surface area contributed by atoms with Crippen LogP contribution in [0.5, 0.6) is 0 Å². The largest absolute Gasteiger partial charge is 0.417 e. The predicted octanol–water partition coefficient (Wildman–Crippen LogP) is 3.49. The van der Waals surface area contributed by atoms with Crippen molar-refractivity contribution >= 4 is 11.8 Å². The summed E-state index contributed by atoms with van der Waals surface area (Å²) in [7, 11) is 0. The van der Waals surface area contributed by atoms with Crippen LogP contribution in [0.3, 0.4) is 0 Å². The zero-order valence-electron chi connectivity index (χ0n) is 16.1. The number of piperazine rings is 1. The Balaban J connectivity index is 1.65. The number of hydrogen-bond acceptors (Lipinski definition) is 2. The van der Waals surface area contributed by atoms with Gasteiger partial charge in [0.15, 0.2) is 0 Å². The zero-order chi connectivity index (χ0) is 21.9. The minimum atomic E-state index is -4.85. The van der Waals surface area contributed by atoms with Gasteiger partial charge >= 0.3 is 6.18 Å². The highest BCUT2D eigenvalue weighted by atomic mass is 19.4. The van der Waals surface area contributed by atoms with Gasteiger partial charge in [-0.3, -0.25) is 9.59 Å². The number of hydrogen-bond donors (Lipinski definition) is 0. The Bertz CT molecular complexity index is 1010. The van der Waals surface area contributed by atoms with Crippen LogP contribution in [-0.2, 0) is 11.0 Å².